The fourth-order valence-corrected chi connectivity index (χ4v) is 4.45. The molecule has 0 radical (unpaired) electrons. The predicted molar refractivity (Wildman–Crippen MR) is 135 cm³/mol. The van der Waals surface area contributed by atoms with Crippen molar-refractivity contribution in [1.82, 2.24) is 0 Å². The largest absolute Gasteiger partial charge is 0.504 e. The van der Waals surface area contributed by atoms with Crippen molar-refractivity contribution in [2.75, 3.05) is 7.11 Å². The molecule has 1 aliphatic rings. The van der Waals surface area contributed by atoms with Gasteiger partial charge < -0.3 is 9.84 Å². The Morgan fingerprint density at radius 3 is 2.08 bits per heavy atom. The smallest absolute Gasteiger partial charge is 0.228 e. The Bertz CT molecular complexity index is 1380. The molecule has 0 amide bonds. The van der Waals surface area contributed by atoms with Crippen molar-refractivity contribution in [3.63, 3.8) is 0 Å². The molecule has 0 aromatic heterocycles. The van der Waals surface area contributed by atoms with E-state index in [1.54, 1.807) is 36.4 Å². The molecule has 0 saturated heterocycles. The Hall–Kier alpha value is -4.32. The number of aryl methyl sites for hydroxylation is 1. The van der Waals surface area contributed by atoms with E-state index in [-0.39, 0.29) is 22.3 Å². The van der Waals surface area contributed by atoms with Crippen molar-refractivity contribution >= 4 is 23.1 Å². The van der Waals surface area contributed by atoms with E-state index in [0.29, 0.717) is 12.2 Å². The van der Waals surface area contributed by atoms with Crippen LogP contribution < -0.4 is 4.74 Å². The summed E-state index contributed by atoms with van der Waals surface area (Å²) in [5.41, 5.74) is 0.781. The molecule has 4 rings (SSSR count). The Morgan fingerprint density at radius 1 is 0.833 bits per heavy atom. The normalized spacial score (nSPS) is 13.8. The lowest BCUT2D eigenvalue weighted by atomic mass is 9.75. The van der Waals surface area contributed by atoms with Crippen LogP contribution in [0.3, 0.4) is 0 Å². The molecule has 0 heterocycles. The van der Waals surface area contributed by atoms with Gasteiger partial charge in [0, 0.05) is 22.3 Å². The van der Waals surface area contributed by atoms with Crippen LogP contribution in [-0.4, -0.2) is 35.3 Å². The lowest BCUT2D eigenvalue weighted by Crippen LogP contribution is -2.35. The summed E-state index contributed by atoms with van der Waals surface area (Å²) in [7, 11) is 1.49. The minimum atomic E-state index is -1.69. The summed E-state index contributed by atoms with van der Waals surface area (Å²) in [6, 6.07) is 19.1. The van der Waals surface area contributed by atoms with Gasteiger partial charge in [-0.3, -0.25) is 19.2 Å². The maximum atomic E-state index is 14.0. The number of aliphatic hydroxyl groups excluding tert-OH is 1. The number of Topliss-reactive ketones (excluding diaryl/α,β-unsaturated/α-hetero) is 4. The van der Waals surface area contributed by atoms with Crippen molar-refractivity contribution in [3.8, 4) is 5.75 Å². The van der Waals surface area contributed by atoms with E-state index in [9.17, 15) is 24.3 Å². The summed E-state index contributed by atoms with van der Waals surface area (Å²) in [5.74, 6) is -4.87. The highest BCUT2D eigenvalue weighted by atomic mass is 16.5. The third kappa shape index (κ3) is 4.50. The van der Waals surface area contributed by atoms with E-state index >= 15 is 0 Å². The number of hydrogen-bond donors (Lipinski definition) is 1. The zero-order chi connectivity index (χ0) is 25.8. The third-order valence-corrected chi connectivity index (χ3v) is 6.40. The molecule has 0 saturated carbocycles. The molecule has 1 unspecified atom stereocenters. The van der Waals surface area contributed by atoms with Gasteiger partial charge in [0.2, 0.25) is 5.78 Å². The molecular weight excluding hydrogens is 456 g/mol. The number of carbonyl (C=O) groups excluding carboxylic acids is 4. The van der Waals surface area contributed by atoms with Gasteiger partial charge >= 0.3 is 0 Å². The molecule has 1 atom stereocenters. The quantitative estimate of drug-likeness (QED) is 0.314. The number of ether oxygens (including phenoxy) is 1. The molecule has 0 aliphatic heterocycles. The van der Waals surface area contributed by atoms with Crippen molar-refractivity contribution in [1.29, 1.82) is 0 Å². The van der Waals surface area contributed by atoms with Gasteiger partial charge in [-0.25, -0.2) is 0 Å². The van der Waals surface area contributed by atoms with Crippen LogP contribution in [0.5, 0.6) is 5.75 Å². The second-order valence-electron chi connectivity index (χ2n) is 8.62. The fraction of sp³-hybridized carbons (Fsp3) is 0.200. The first kappa shape index (κ1) is 24.8. The average molecular weight is 483 g/mol. The molecule has 0 fully saturated rings. The highest BCUT2D eigenvalue weighted by Gasteiger charge is 2.43. The number of unbranched alkanes of at least 4 members (excludes halogenated alkanes) is 1. The molecule has 3 aromatic carbocycles. The summed E-state index contributed by atoms with van der Waals surface area (Å²) in [4.78, 5) is 54.4. The zero-order valence-electron chi connectivity index (χ0n) is 20.1. The van der Waals surface area contributed by atoms with Crippen LogP contribution in [0.1, 0.15) is 66.8 Å². The molecular formula is C30H26O6. The van der Waals surface area contributed by atoms with Crippen molar-refractivity contribution in [2.45, 2.75) is 26.2 Å². The monoisotopic (exact) mass is 482 g/mol. The summed E-state index contributed by atoms with van der Waals surface area (Å²) >= 11 is 0. The number of rotatable bonds is 9. The third-order valence-electron chi connectivity index (χ3n) is 6.40. The number of methoxy groups -OCH3 is 1. The van der Waals surface area contributed by atoms with Crippen LogP contribution in [0.2, 0.25) is 0 Å². The molecule has 182 valence electrons. The summed E-state index contributed by atoms with van der Waals surface area (Å²) in [6.07, 6.45) is 2.36. The number of allylic oxidation sites excluding steroid dienone is 2. The van der Waals surface area contributed by atoms with Crippen LogP contribution >= 0.6 is 0 Å². The van der Waals surface area contributed by atoms with Crippen LogP contribution in [0.15, 0.2) is 84.1 Å². The van der Waals surface area contributed by atoms with Crippen molar-refractivity contribution in [2.24, 2.45) is 5.92 Å². The van der Waals surface area contributed by atoms with Gasteiger partial charge in [-0.2, -0.15) is 0 Å². The second-order valence-corrected chi connectivity index (χ2v) is 8.62. The minimum Gasteiger partial charge on any atom is -0.504 e. The molecule has 3 aromatic rings. The zero-order valence-corrected chi connectivity index (χ0v) is 20.1. The lowest BCUT2D eigenvalue weighted by molar-refractivity contribution is 0.0795. The maximum Gasteiger partial charge on any atom is 0.228 e. The first-order valence-corrected chi connectivity index (χ1v) is 11.8. The van der Waals surface area contributed by atoms with Gasteiger partial charge in [0.1, 0.15) is 11.7 Å². The molecule has 0 spiro atoms. The van der Waals surface area contributed by atoms with E-state index in [1.165, 1.54) is 31.4 Å². The molecule has 1 N–H and O–H groups in total. The molecule has 6 nitrogen and oxygen atoms in total. The van der Waals surface area contributed by atoms with Crippen molar-refractivity contribution in [3.05, 3.63) is 112 Å². The van der Waals surface area contributed by atoms with Gasteiger partial charge in [0.05, 0.1) is 12.7 Å². The lowest BCUT2D eigenvalue weighted by Gasteiger charge is -2.24. The SMILES string of the molecule is CCCCc1ccccc1C(=O)C(C(=O)c1ccc(OC)cc1)C1=C(O)C(=O)c2ccccc2C1=O. The number of aliphatic hydroxyl groups is 1. The standard InChI is InChI=1S/C30H26O6/c1-3-4-9-18-10-5-6-11-21(18)27(32)24(26(31)19-14-16-20(36-2)17-15-19)25-28(33)22-12-7-8-13-23(22)29(34)30(25)35/h5-8,10-17,24,35H,3-4,9H2,1-2H3. The highest BCUT2D eigenvalue weighted by molar-refractivity contribution is 6.32. The Morgan fingerprint density at radius 2 is 1.44 bits per heavy atom. The topological polar surface area (TPSA) is 97.7 Å². The number of fused-ring (bicyclic) bond motifs is 1. The number of hydrogen-bond acceptors (Lipinski definition) is 6. The predicted octanol–water partition coefficient (Wildman–Crippen LogP) is 5.61. The summed E-state index contributed by atoms with van der Waals surface area (Å²) in [5, 5.41) is 10.9. The Labute approximate surface area is 209 Å². The van der Waals surface area contributed by atoms with E-state index in [2.05, 4.69) is 0 Å². The molecule has 1 aliphatic carbocycles. The van der Waals surface area contributed by atoms with Gasteiger partial charge in [-0.1, -0.05) is 61.9 Å². The Kier molecular flexibility index (Phi) is 7.25. The number of benzene rings is 3. The maximum absolute atomic E-state index is 14.0. The molecule has 6 heteroatoms. The van der Waals surface area contributed by atoms with E-state index < -0.39 is 40.4 Å². The van der Waals surface area contributed by atoms with E-state index in [4.69, 9.17) is 4.74 Å². The molecule has 36 heavy (non-hydrogen) atoms. The van der Waals surface area contributed by atoms with Gasteiger partial charge in [-0.15, -0.1) is 0 Å². The van der Waals surface area contributed by atoms with Crippen LogP contribution in [0, 0.1) is 5.92 Å². The highest BCUT2D eigenvalue weighted by Crippen LogP contribution is 2.34. The van der Waals surface area contributed by atoms with Crippen LogP contribution in [0.4, 0.5) is 0 Å². The van der Waals surface area contributed by atoms with Gasteiger partial charge in [-0.05, 0) is 42.7 Å². The number of ketones is 4. The van der Waals surface area contributed by atoms with Gasteiger partial charge in [0.15, 0.2) is 23.1 Å². The minimum absolute atomic E-state index is 0.0372. The number of carbonyl (C=O) groups is 4. The Balaban J connectivity index is 1.89. The van der Waals surface area contributed by atoms with E-state index in [1.807, 2.05) is 19.1 Å². The average Bonchev–Trinajstić information content (AvgIpc) is 2.92. The fourth-order valence-electron chi connectivity index (χ4n) is 4.45. The van der Waals surface area contributed by atoms with Gasteiger partial charge in [0.25, 0.3) is 0 Å². The summed E-state index contributed by atoms with van der Waals surface area (Å²) in [6.45, 7) is 2.03. The van der Waals surface area contributed by atoms with Crippen LogP contribution in [0.25, 0.3) is 0 Å². The second kappa shape index (κ2) is 10.5. The first-order chi connectivity index (χ1) is 17.4. The summed E-state index contributed by atoms with van der Waals surface area (Å²) < 4.78 is 5.16. The van der Waals surface area contributed by atoms with Crippen LogP contribution in [-0.2, 0) is 6.42 Å². The van der Waals surface area contributed by atoms with Crippen molar-refractivity contribution < 1.29 is 29.0 Å². The molecule has 0 bridgehead atoms. The first-order valence-electron chi connectivity index (χ1n) is 11.8. The van der Waals surface area contributed by atoms with E-state index in [0.717, 1.165) is 18.4 Å².